The Morgan fingerprint density at radius 3 is 2.72 bits per heavy atom. The van der Waals surface area contributed by atoms with Gasteiger partial charge in [0.05, 0.1) is 6.20 Å². The van der Waals surface area contributed by atoms with Crippen LogP contribution < -0.4 is 5.73 Å². The molecule has 5 nitrogen and oxygen atoms in total. The van der Waals surface area contributed by atoms with Crippen LogP contribution in [0.1, 0.15) is 17.0 Å². The number of fused-ring (bicyclic) bond motifs is 1. The van der Waals surface area contributed by atoms with E-state index in [1.54, 1.807) is 6.20 Å². The maximum absolute atomic E-state index is 5.53. The lowest BCUT2D eigenvalue weighted by atomic mass is 10.1. The normalized spacial score (nSPS) is 10.9. The number of anilines is 1. The van der Waals surface area contributed by atoms with E-state index in [-0.39, 0.29) is 5.95 Å². The number of nitrogens with one attached hydrogen (secondary N) is 1. The van der Waals surface area contributed by atoms with Crippen molar-refractivity contribution in [3.8, 4) is 0 Å². The number of benzene rings is 1. The Morgan fingerprint density at radius 1 is 1.17 bits per heavy atom. The van der Waals surface area contributed by atoms with E-state index in [4.69, 9.17) is 5.73 Å². The van der Waals surface area contributed by atoms with Gasteiger partial charge in [0.15, 0.2) is 5.65 Å². The van der Waals surface area contributed by atoms with E-state index >= 15 is 0 Å². The average molecular weight is 239 g/mol. The third kappa shape index (κ3) is 2.02. The topological polar surface area (TPSA) is 80.5 Å². The van der Waals surface area contributed by atoms with Gasteiger partial charge in [0, 0.05) is 6.42 Å². The van der Waals surface area contributed by atoms with E-state index in [0.29, 0.717) is 5.65 Å². The number of rotatable bonds is 2. The second kappa shape index (κ2) is 4.10. The number of hydrogen-bond acceptors (Lipinski definition) is 4. The van der Waals surface area contributed by atoms with Crippen molar-refractivity contribution in [1.82, 2.24) is 19.9 Å². The van der Waals surface area contributed by atoms with Crippen LogP contribution in [-0.4, -0.2) is 19.9 Å². The van der Waals surface area contributed by atoms with Crippen LogP contribution in [0.5, 0.6) is 0 Å². The number of aryl methyl sites for hydroxylation is 1. The minimum absolute atomic E-state index is 0.246. The van der Waals surface area contributed by atoms with Crippen molar-refractivity contribution in [1.29, 1.82) is 0 Å². The lowest BCUT2D eigenvalue weighted by Gasteiger charge is -1.98. The van der Waals surface area contributed by atoms with Crippen molar-refractivity contribution in [2.45, 2.75) is 13.3 Å². The molecule has 90 valence electrons. The van der Waals surface area contributed by atoms with Crippen molar-refractivity contribution in [2.24, 2.45) is 0 Å². The Hall–Kier alpha value is -2.43. The molecular weight excluding hydrogens is 226 g/mol. The van der Waals surface area contributed by atoms with E-state index in [1.165, 1.54) is 11.1 Å². The molecule has 0 saturated carbocycles. The number of H-pyrrole nitrogens is 1. The van der Waals surface area contributed by atoms with Gasteiger partial charge in [-0.1, -0.05) is 29.8 Å². The van der Waals surface area contributed by atoms with Gasteiger partial charge in [0.2, 0.25) is 5.95 Å². The lowest BCUT2D eigenvalue weighted by Crippen LogP contribution is -1.93. The summed E-state index contributed by atoms with van der Waals surface area (Å²) in [6.07, 6.45) is 2.40. The SMILES string of the molecule is Cc1ccc(Cc2nc3nc(N)ncc3[nH]2)cc1. The third-order valence-electron chi connectivity index (χ3n) is 2.80. The van der Waals surface area contributed by atoms with E-state index in [9.17, 15) is 0 Å². The molecule has 0 radical (unpaired) electrons. The van der Waals surface area contributed by atoms with Crippen LogP contribution in [-0.2, 0) is 6.42 Å². The van der Waals surface area contributed by atoms with Crippen LogP contribution in [0.3, 0.4) is 0 Å². The van der Waals surface area contributed by atoms with Gasteiger partial charge in [-0.3, -0.25) is 0 Å². The number of nitrogens with two attached hydrogens (primary N) is 1. The number of nitrogen functional groups attached to an aromatic ring is 1. The molecule has 2 heterocycles. The highest BCUT2D eigenvalue weighted by Gasteiger charge is 2.05. The van der Waals surface area contributed by atoms with Crippen LogP contribution in [0, 0.1) is 6.92 Å². The van der Waals surface area contributed by atoms with Crippen LogP contribution in [0.25, 0.3) is 11.2 Å². The molecule has 2 aromatic heterocycles. The molecule has 18 heavy (non-hydrogen) atoms. The summed E-state index contributed by atoms with van der Waals surface area (Å²) < 4.78 is 0. The van der Waals surface area contributed by atoms with Gasteiger partial charge >= 0.3 is 0 Å². The van der Waals surface area contributed by atoms with Crippen LogP contribution in [0.2, 0.25) is 0 Å². The first-order valence-electron chi connectivity index (χ1n) is 5.73. The smallest absolute Gasteiger partial charge is 0.222 e. The van der Waals surface area contributed by atoms with Crippen LogP contribution >= 0.6 is 0 Å². The summed E-state index contributed by atoms with van der Waals surface area (Å²) >= 11 is 0. The van der Waals surface area contributed by atoms with E-state index < -0.39 is 0 Å². The second-order valence-electron chi connectivity index (χ2n) is 4.31. The van der Waals surface area contributed by atoms with Crippen LogP contribution in [0.4, 0.5) is 5.95 Å². The maximum Gasteiger partial charge on any atom is 0.222 e. The highest BCUT2D eigenvalue weighted by molar-refractivity contribution is 5.70. The summed E-state index contributed by atoms with van der Waals surface area (Å²) in [6.45, 7) is 2.07. The van der Waals surface area contributed by atoms with Crippen molar-refractivity contribution < 1.29 is 0 Å². The molecule has 0 unspecified atom stereocenters. The molecule has 0 saturated heterocycles. The number of hydrogen-bond donors (Lipinski definition) is 2. The molecule has 3 aromatic rings. The number of aromatic nitrogens is 4. The molecule has 5 heteroatoms. The Morgan fingerprint density at radius 2 is 1.94 bits per heavy atom. The van der Waals surface area contributed by atoms with Crippen molar-refractivity contribution in [2.75, 3.05) is 5.73 Å². The molecule has 0 amide bonds. The Labute approximate surface area is 104 Å². The molecule has 3 N–H and O–H groups in total. The predicted octanol–water partition coefficient (Wildman–Crippen LogP) is 1.83. The first-order valence-corrected chi connectivity index (χ1v) is 5.73. The summed E-state index contributed by atoms with van der Waals surface area (Å²) in [5.41, 5.74) is 9.41. The van der Waals surface area contributed by atoms with Crippen LogP contribution in [0.15, 0.2) is 30.5 Å². The number of aromatic amines is 1. The number of nitrogens with zero attached hydrogens (tertiary/aromatic N) is 3. The summed E-state index contributed by atoms with van der Waals surface area (Å²) in [7, 11) is 0. The van der Waals surface area contributed by atoms with E-state index in [1.807, 2.05) is 0 Å². The Kier molecular flexibility index (Phi) is 2.44. The fourth-order valence-corrected chi connectivity index (χ4v) is 1.85. The molecule has 0 aliphatic heterocycles. The fraction of sp³-hybridized carbons (Fsp3) is 0.154. The monoisotopic (exact) mass is 239 g/mol. The summed E-state index contributed by atoms with van der Waals surface area (Å²) in [5, 5.41) is 0. The second-order valence-corrected chi connectivity index (χ2v) is 4.31. The minimum atomic E-state index is 0.246. The third-order valence-corrected chi connectivity index (χ3v) is 2.80. The first-order chi connectivity index (χ1) is 8.70. The molecule has 3 rings (SSSR count). The Bertz CT molecular complexity index is 684. The van der Waals surface area contributed by atoms with E-state index in [2.05, 4.69) is 51.1 Å². The molecule has 0 spiro atoms. The van der Waals surface area contributed by atoms with Gasteiger partial charge in [0.1, 0.15) is 11.3 Å². The zero-order valence-electron chi connectivity index (χ0n) is 10.0. The number of imidazole rings is 1. The van der Waals surface area contributed by atoms with Gasteiger partial charge in [-0.15, -0.1) is 0 Å². The standard InChI is InChI=1S/C13H13N5/c1-8-2-4-9(5-3-8)6-11-16-10-7-15-13(14)18-12(10)17-11/h2-5,7H,6H2,1H3,(H3,14,15,16,17,18). The molecule has 1 aromatic carbocycles. The molecule has 0 aliphatic rings. The first kappa shape index (κ1) is 10.7. The van der Waals surface area contributed by atoms with Gasteiger partial charge in [-0.2, -0.15) is 4.98 Å². The zero-order chi connectivity index (χ0) is 12.5. The van der Waals surface area contributed by atoms with Crippen molar-refractivity contribution in [3.05, 3.63) is 47.4 Å². The van der Waals surface area contributed by atoms with Gasteiger partial charge in [-0.25, -0.2) is 9.97 Å². The largest absolute Gasteiger partial charge is 0.368 e. The highest BCUT2D eigenvalue weighted by Crippen LogP contribution is 2.12. The Balaban J connectivity index is 1.92. The van der Waals surface area contributed by atoms with Gasteiger partial charge in [-0.05, 0) is 12.5 Å². The quantitative estimate of drug-likeness (QED) is 0.715. The predicted molar refractivity (Wildman–Crippen MR) is 70.1 cm³/mol. The summed E-state index contributed by atoms with van der Waals surface area (Å²) in [6, 6.07) is 8.39. The van der Waals surface area contributed by atoms with Gasteiger partial charge < -0.3 is 10.7 Å². The molecular formula is C13H13N5. The summed E-state index contributed by atoms with van der Waals surface area (Å²) in [4.78, 5) is 15.6. The summed E-state index contributed by atoms with van der Waals surface area (Å²) in [5.74, 6) is 1.12. The average Bonchev–Trinajstić information content (AvgIpc) is 2.73. The van der Waals surface area contributed by atoms with Crippen molar-refractivity contribution in [3.63, 3.8) is 0 Å². The molecule has 0 atom stereocenters. The lowest BCUT2D eigenvalue weighted by molar-refractivity contribution is 1.03. The molecule has 0 fully saturated rings. The maximum atomic E-state index is 5.53. The van der Waals surface area contributed by atoms with Crippen molar-refractivity contribution >= 4 is 17.1 Å². The fourth-order valence-electron chi connectivity index (χ4n) is 1.85. The zero-order valence-corrected chi connectivity index (χ0v) is 10.0. The minimum Gasteiger partial charge on any atom is -0.368 e. The van der Waals surface area contributed by atoms with E-state index in [0.717, 1.165) is 17.8 Å². The highest BCUT2D eigenvalue weighted by atomic mass is 15.1. The molecule has 0 bridgehead atoms. The van der Waals surface area contributed by atoms with Gasteiger partial charge in [0.25, 0.3) is 0 Å². The molecule has 0 aliphatic carbocycles.